The Balaban J connectivity index is 1.80. The second kappa shape index (κ2) is 13.7. The molecule has 0 aliphatic rings. The number of hydrogen-bond acceptors (Lipinski definition) is 5. The molecule has 3 N–H and O–H groups in total. The van der Waals surface area contributed by atoms with E-state index < -0.39 is 37.3 Å². The van der Waals surface area contributed by atoms with Crippen LogP contribution in [0.25, 0.3) is 5.69 Å². The molecule has 1 heterocycles. The maximum Gasteiger partial charge on any atom is 0.405 e. The largest absolute Gasteiger partial charge is 0.405 e. The zero-order valence-corrected chi connectivity index (χ0v) is 20.5. The summed E-state index contributed by atoms with van der Waals surface area (Å²) in [5, 5.41) is 22.5. The number of hydrogen-bond donors (Lipinski definition) is 3. The molecule has 1 atom stereocenters. The Kier molecular flexibility index (Phi) is 10.3. The number of carbonyl (C=O) groups is 2. The highest BCUT2D eigenvalue weighted by atomic mass is 19.4. The van der Waals surface area contributed by atoms with E-state index in [1.807, 2.05) is 30.3 Å². The van der Waals surface area contributed by atoms with Gasteiger partial charge in [0.2, 0.25) is 0 Å². The van der Waals surface area contributed by atoms with Gasteiger partial charge in [-0.3, -0.25) is 14.0 Å². The standard InChI is InChI=1S/C26H29F4N5O3/c27-14-6-2-5-9-22-23(25(38)32-20(16-36)15-18-7-3-1-4-8-18)33-34-35(22)21-12-10-19(11-13-21)24(37)31-17-26(28,29)30/h1,3-4,7-8,10-13,20,36H,2,5-6,9,14-17H2,(H,31,37)(H,32,38)/t20-/m1/s1. The van der Waals surface area contributed by atoms with Crippen LogP contribution in [0.5, 0.6) is 0 Å². The summed E-state index contributed by atoms with van der Waals surface area (Å²) in [5.41, 5.74) is 1.89. The topological polar surface area (TPSA) is 109 Å². The molecule has 3 aromatic rings. The summed E-state index contributed by atoms with van der Waals surface area (Å²) in [4.78, 5) is 25.1. The molecule has 1 aromatic heterocycles. The molecule has 0 saturated carbocycles. The first-order chi connectivity index (χ1) is 18.2. The van der Waals surface area contributed by atoms with E-state index in [-0.39, 0.29) is 17.9 Å². The van der Waals surface area contributed by atoms with Gasteiger partial charge in [-0.1, -0.05) is 42.0 Å². The lowest BCUT2D eigenvalue weighted by Crippen LogP contribution is -2.39. The number of unbranched alkanes of at least 4 members (excludes halogenated alkanes) is 2. The van der Waals surface area contributed by atoms with Crippen LogP contribution in [0.4, 0.5) is 17.6 Å². The average molecular weight is 536 g/mol. The second-order valence-corrected chi connectivity index (χ2v) is 8.68. The van der Waals surface area contributed by atoms with Gasteiger partial charge in [-0.25, -0.2) is 4.68 Å². The first-order valence-electron chi connectivity index (χ1n) is 12.1. The molecule has 0 aliphatic heterocycles. The van der Waals surface area contributed by atoms with Gasteiger partial charge >= 0.3 is 6.18 Å². The van der Waals surface area contributed by atoms with E-state index in [1.54, 1.807) is 5.32 Å². The van der Waals surface area contributed by atoms with Crippen LogP contribution in [0.1, 0.15) is 51.4 Å². The molecular weight excluding hydrogens is 506 g/mol. The minimum absolute atomic E-state index is 0.0206. The summed E-state index contributed by atoms with van der Waals surface area (Å²) in [6.07, 6.45) is -2.26. The van der Waals surface area contributed by atoms with E-state index in [0.717, 1.165) is 5.56 Å². The zero-order valence-electron chi connectivity index (χ0n) is 20.5. The van der Waals surface area contributed by atoms with E-state index in [2.05, 4.69) is 15.6 Å². The summed E-state index contributed by atoms with van der Waals surface area (Å²) in [5.74, 6) is -1.41. The number of nitrogens with zero attached hydrogens (tertiary/aromatic N) is 3. The summed E-state index contributed by atoms with van der Waals surface area (Å²) in [6.45, 7) is -2.20. The van der Waals surface area contributed by atoms with Crippen molar-refractivity contribution in [1.29, 1.82) is 0 Å². The van der Waals surface area contributed by atoms with Gasteiger partial charge in [0, 0.05) is 5.56 Å². The van der Waals surface area contributed by atoms with Crippen LogP contribution in [-0.4, -0.2) is 64.0 Å². The molecule has 0 saturated heterocycles. The number of rotatable bonds is 13. The van der Waals surface area contributed by atoms with Gasteiger partial charge in [-0.15, -0.1) is 5.10 Å². The predicted molar refractivity (Wildman–Crippen MR) is 132 cm³/mol. The van der Waals surface area contributed by atoms with Crippen molar-refractivity contribution in [1.82, 2.24) is 25.6 Å². The van der Waals surface area contributed by atoms with Crippen molar-refractivity contribution in [3.05, 3.63) is 77.1 Å². The van der Waals surface area contributed by atoms with Crippen molar-refractivity contribution in [3.8, 4) is 5.69 Å². The van der Waals surface area contributed by atoms with Crippen LogP contribution in [-0.2, 0) is 12.8 Å². The third-order valence-electron chi connectivity index (χ3n) is 5.73. The van der Waals surface area contributed by atoms with Crippen LogP contribution < -0.4 is 10.6 Å². The number of aromatic nitrogens is 3. The number of amides is 2. The maximum absolute atomic E-state index is 13.1. The van der Waals surface area contributed by atoms with Gasteiger partial charge in [-0.05, 0) is 55.5 Å². The molecule has 0 spiro atoms. The molecule has 0 fully saturated rings. The van der Waals surface area contributed by atoms with Crippen LogP contribution >= 0.6 is 0 Å². The Morgan fingerprint density at radius 3 is 2.32 bits per heavy atom. The van der Waals surface area contributed by atoms with Gasteiger partial charge in [0.25, 0.3) is 11.8 Å². The van der Waals surface area contributed by atoms with E-state index in [1.165, 1.54) is 28.9 Å². The molecule has 2 aromatic carbocycles. The summed E-state index contributed by atoms with van der Waals surface area (Å²) in [7, 11) is 0. The van der Waals surface area contributed by atoms with Crippen LogP contribution in [0, 0.1) is 0 Å². The van der Waals surface area contributed by atoms with Crippen molar-refractivity contribution < 1.29 is 32.3 Å². The highest BCUT2D eigenvalue weighted by molar-refractivity contribution is 5.94. The summed E-state index contributed by atoms with van der Waals surface area (Å²) in [6, 6.07) is 14.4. The second-order valence-electron chi connectivity index (χ2n) is 8.68. The number of carbonyl (C=O) groups excluding carboxylic acids is 2. The summed E-state index contributed by atoms with van der Waals surface area (Å²) < 4.78 is 51.2. The van der Waals surface area contributed by atoms with Crippen LogP contribution in [0.3, 0.4) is 0 Å². The number of nitrogens with one attached hydrogen (secondary N) is 2. The fourth-order valence-corrected chi connectivity index (χ4v) is 3.82. The van der Waals surface area contributed by atoms with Gasteiger partial charge in [0.15, 0.2) is 5.69 Å². The lowest BCUT2D eigenvalue weighted by atomic mass is 10.1. The molecule has 2 amide bonds. The van der Waals surface area contributed by atoms with Gasteiger partial charge in [0.1, 0.15) is 6.54 Å². The highest BCUT2D eigenvalue weighted by Crippen LogP contribution is 2.18. The zero-order chi connectivity index (χ0) is 27.5. The molecule has 0 aliphatic carbocycles. The van der Waals surface area contributed by atoms with Crippen LogP contribution in [0.15, 0.2) is 54.6 Å². The van der Waals surface area contributed by atoms with Gasteiger partial charge in [-0.2, -0.15) is 13.2 Å². The minimum atomic E-state index is -4.53. The normalized spacial score (nSPS) is 12.2. The Morgan fingerprint density at radius 1 is 0.974 bits per heavy atom. The predicted octanol–water partition coefficient (Wildman–Crippen LogP) is 3.58. The lowest BCUT2D eigenvalue weighted by Gasteiger charge is -2.16. The monoisotopic (exact) mass is 535 g/mol. The number of benzene rings is 2. The first-order valence-corrected chi connectivity index (χ1v) is 12.1. The summed E-state index contributed by atoms with van der Waals surface area (Å²) >= 11 is 0. The fourth-order valence-electron chi connectivity index (χ4n) is 3.82. The van der Waals surface area contributed by atoms with Crippen molar-refractivity contribution >= 4 is 11.8 Å². The quantitative estimate of drug-likeness (QED) is 0.229. The third kappa shape index (κ3) is 8.37. The molecule has 8 nitrogen and oxygen atoms in total. The molecule has 38 heavy (non-hydrogen) atoms. The Morgan fingerprint density at radius 2 is 1.68 bits per heavy atom. The van der Waals surface area contributed by atoms with Gasteiger partial charge < -0.3 is 15.7 Å². The number of aliphatic hydroxyl groups excluding tert-OH is 1. The smallest absolute Gasteiger partial charge is 0.394 e. The molecule has 12 heteroatoms. The SMILES string of the molecule is O=C(NCC(F)(F)F)c1ccc(-n2nnc(C(=O)N[C@@H](CO)Cc3ccccc3)c2CCCCCF)cc1. The highest BCUT2D eigenvalue weighted by Gasteiger charge is 2.28. The average Bonchev–Trinajstić information content (AvgIpc) is 3.33. The molecular formula is C26H29F4N5O3. The molecule has 204 valence electrons. The van der Waals surface area contributed by atoms with E-state index in [0.29, 0.717) is 43.5 Å². The Bertz CT molecular complexity index is 1180. The fraction of sp³-hybridized carbons (Fsp3) is 0.385. The van der Waals surface area contributed by atoms with Crippen LogP contribution in [0.2, 0.25) is 0 Å². The van der Waals surface area contributed by atoms with E-state index in [4.69, 9.17) is 0 Å². The molecule has 0 unspecified atom stereocenters. The van der Waals surface area contributed by atoms with Crippen molar-refractivity contribution in [3.63, 3.8) is 0 Å². The van der Waals surface area contributed by atoms with Gasteiger partial charge in [0.05, 0.1) is 30.7 Å². The number of alkyl halides is 4. The number of halogens is 4. The lowest BCUT2D eigenvalue weighted by molar-refractivity contribution is -0.123. The van der Waals surface area contributed by atoms with E-state index >= 15 is 0 Å². The molecule has 0 bridgehead atoms. The molecule has 0 radical (unpaired) electrons. The van der Waals surface area contributed by atoms with Crippen molar-refractivity contribution in [2.45, 2.75) is 44.3 Å². The first kappa shape index (κ1) is 28.8. The van der Waals surface area contributed by atoms with E-state index in [9.17, 15) is 32.3 Å². The van der Waals surface area contributed by atoms with Crippen molar-refractivity contribution in [2.24, 2.45) is 0 Å². The third-order valence-corrected chi connectivity index (χ3v) is 5.73. The Hall–Kier alpha value is -3.80. The number of aliphatic hydroxyl groups is 1. The molecule has 3 rings (SSSR count). The minimum Gasteiger partial charge on any atom is -0.394 e. The van der Waals surface area contributed by atoms with Crippen molar-refractivity contribution in [2.75, 3.05) is 19.8 Å². The Labute approximate surface area is 217 Å². The maximum atomic E-state index is 13.1.